The SMILES string of the molecule is CCN(CC)P(c1ccccc1)c1ccccc1C#Cc1ccc(Cl)cc1.Clc1ccc(C#Cc2ccccc2Br)cc1.O=P1(c2ccccc2)C(c2ccc(Cl)cc2)=C(Cl)c2ccccc21.O=P1(c2ccccc2)C(c2ccc(Cl)cc2)=C(c2ccccc2)c2ccccc21.O=P1(c2ccccc2)C(c2ccc(N(c3ccccc3)c3ccccc3)cc2)=C(c2ccccc2)c2ccccc21. The maximum Gasteiger partial charge on any atom is 0.173 e. The fourth-order valence-corrected chi connectivity index (χ4v) is 31.0. The molecular formula is C122H90BrCl5N2O3P4. The maximum atomic E-state index is 15.5. The van der Waals surface area contributed by atoms with Crippen LogP contribution in [0.2, 0.25) is 20.1 Å². The number of hydrogen-bond donors (Lipinski definition) is 0. The fraction of sp³-hybridized carbons (Fsp3) is 0.0328. The molecule has 0 aliphatic carbocycles. The van der Waals surface area contributed by atoms with Gasteiger partial charge in [-0.1, -0.05) is 453 Å². The number of fused-ring (bicyclic) bond motifs is 3. The molecule has 5 nitrogen and oxygen atoms in total. The molecule has 0 saturated carbocycles. The van der Waals surface area contributed by atoms with Gasteiger partial charge in [0.1, 0.15) is 0 Å². The smallest absolute Gasteiger partial charge is 0.173 e. The molecule has 137 heavy (non-hydrogen) atoms. The Labute approximate surface area is 838 Å². The lowest BCUT2D eigenvalue weighted by atomic mass is 9.95. The Kier molecular flexibility index (Phi) is 31.4. The van der Waals surface area contributed by atoms with E-state index in [1.165, 1.54) is 10.6 Å². The maximum absolute atomic E-state index is 15.5. The van der Waals surface area contributed by atoms with Gasteiger partial charge in [-0.25, -0.2) is 0 Å². The summed E-state index contributed by atoms with van der Waals surface area (Å²) < 4.78 is 48.3. The van der Waals surface area contributed by atoms with E-state index in [1.807, 2.05) is 297 Å². The standard InChI is InChI=1S/C38H28NOP.C26H18ClOP.C24H23ClNP.C20H13Cl2OP.C14H8BrCl/c40-41(34-21-11-4-12-22-34)36-24-14-13-23-35(36)37(29-15-5-1-6-16-29)38(41)30-25-27-33(28-26-30)39(31-17-7-2-8-18-31)32-19-9-3-10-20-32;27-21-17-15-20(16-18-21)26-25(19-9-3-1-4-10-19)23-13-7-8-14-24(23)29(26,28)22-11-5-2-6-12-22;1-3-26(4-2)27(23-11-6-5-7-12-23)24-13-9-8-10-21(24)17-14-20-15-18-22(25)19-16-20;21-15-12-10-14(11-13-15)20-19(22)17-8-4-5-9-18(17)24(20,23)16-6-2-1-3-7-16;15-14-4-2-1-3-12(14)8-5-11-6-9-13(16)10-7-11/h1-28H;1-18H;5-13,15-16,18-19H,3-4H2,1-2H3;1-13H;1-4,6-7,9-10H. The molecule has 18 aromatic carbocycles. The Morgan fingerprint density at radius 2 is 0.562 bits per heavy atom. The van der Waals surface area contributed by atoms with Crippen molar-refractivity contribution in [2.75, 3.05) is 18.0 Å². The summed E-state index contributed by atoms with van der Waals surface area (Å²) in [4.78, 5) is 2.25. The minimum atomic E-state index is -3.15. The molecule has 3 aliphatic heterocycles. The summed E-state index contributed by atoms with van der Waals surface area (Å²) in [5.41, 5.74) is 17.1. The summed E-state index contributed by atoms with van der Waals surface area (Å²) in [6, 6.07) is 161. The summed E-state index contributed by atoms with van der Waals surface area (Å²) in [6.45, 7) is 6.47. The van der Waals surface area contributed by atoms with Gasteiger partial charge in [0.2, 0.25) is 0 Å². The summed E-state index contributed by atoms with van der Waals surface area (Å²) in [7, 11) is -9.82. The Bertz CT molecular complexity index is 7640. The predicted octanol–water partition coefficient (Wildman–Crippen LogP) is 31.6. The van der Waals surface area contributed by atoms with Crippen LogP contribution in [0.4, 0.5) is 17.1 Å². The average molecular weight is 2010 g/mol. The van der Waals surface area contributed by atoms with E-state index in [-0.39, 0.29) is 0 Å². The summed E-state index contributed by atoms with van der Waals surface area (Å²) in [5, 5.41) is 13.5. The Balaban J connectivity index is 0.000000122. The first-order valence-electron chi connectivity index (χ1n) is 44.8. The van der Waals surface area contributed by atoms with E-state index in [4.69, 9.17) is 58.0 Å². The van der Waals surface area contributed by atoms with Crippen LogP contribution >= 0.6 is 103 Å². The Hall–Kier alpha value is -12.9. The van der Waals surface area contributed by atoms with E-state index in [0.29, 0.717) is 20.4 Å². The first-order valence-corrected chi connectivity index (χ1v) is 53.9. The van der Waals surface area contributed by atoms with Gasteiger partial charge in [0.15, 0.2) is 21.4 Å². The first-order chi connectivity index (χ1) is 67.0. The van der Waals surface area contributed by atoms with Crippen LogP contribution in [0.1, 0.15) is 80.6 Å². The molecule has 0 saturated heterocycles. The molecule has 15 heteroatoms. The molecule has 4 unspecified atom stereocenters. The summed E-state index contributed by atoms with van der Waals surface area (Å²) >= 11 is 34.1. The van der Waals surface area contributed by atoms with Crippen LogP contribution in [0.5, 0.6) is 0 Å². The van der Waals surface area contributed by atoms with E-state index < -0.39 is 29.5 Å². The zero-order chi connectivity index (χ0) is 94.7. The van der Waals surface area contributed by atoms with Gasteiger partial charge in [-0.05, 0) is 201 Å². The molecule has 18 aromatic rings. The molecule has 3 aliphatic rings. The molecule has 4 atom stereocenters. The van der Waals surface area contributed by atoms with Crippen molar-refractivity contribution in [3.63, 3.8) is 0 Å². The molecule has 0 bridgehead atoms. The van der Waals surface area contributed by atoms with Crippen molar-refractivity contribution in [2.45, 2.75) is 13.8 Å². The van der Waals surface area contributed by atoms with Gasteiger partial charge in [0.05, 0.1) is 5.03 Å². The lowest BCUT2D eigenvalue weighted by Crippen LogP contribution is -2.29. The number of rotatable bonds is 16. The van der Waals surface area contributed by atoms with E-state index in [1.54, 1.807) is 12.1 Å². The first kappa shape index (κ1) is 95.8. The molecule has 0 fully saturated rings. The molecule has 668 valence electrons. The van der Waals surface area contributed by atoms with Crippen molar-refractivity contribution in [2.24, 2.45) is 0 Å². The molecule has 0 N–H and O–H groups in total. The van der Waals surface area contributed by atoms with Crippen LogP contribution in [0, 0.1) is 23.7 Å². The second kappa shape index (κ2) is 44.9. The third-order valence-corrected chi connectivity index (χ3v) is 38.3. The van der Waals surface area contributed by atoms with Crippen LogP contribution in [0.25, 0.3) is 32.1 Å². The molecule has 3 heterocycles. The predicted molar refractivity (Wildman–Crippen MR) is 592 cm³/mol. The van der Waals surface area contributed by atoms with E-state index in [0.717, 1.165) is 165 Å². The highest BCUT2D eigenvalue weighted by Crippen LogP contribution is 2.68. The van der Waals surface area contributed by atoms with Crippen molar-refractivity contribution in [1.82, 2.24) is 4.67 Å². The monoisotopic (exact) mass is 2010 g/mol. The second-order valence-electron chi connectivity index (χ2n) is 32.1. The highest BCUT2D eigenvalue weighted by molar-refractivity contribution is 9.10. The van der Waals surface area contributed by atoms with Crippen LogP contribution in [-0.4, -0.2) is 17.8 Å². The number of benzene rings is 18. The lowest BCUT2D eigenvalue weighted by Gasteiger charge is -2.31. The number of nitrogens with zero attached hydrogens (tertiary/aromatic N) is 2. The molecule has 0 aromatic heterocycles. The lowest BCUT2D eigenvalue weighted by molar-refractivity contribution is 0.514. The quantitative estimate of drug-likeness (QED) is 0.0713. The van der Waals surface area contributed by atoms with Gasteiger partial charge < -0.3 is 18.6 Å². The Morgan fingerprint density at radius 1 is 0.270 bits per heavy atom. The van der Waals surface area contributed by atoms with Gasteiger partial charge in [-0.3, -0.25) is 4.67 Å². The third-order valence-electron chi connectivity index (χ3n) is 23.7. The molecule has 0 spiro atoms. The van der Waals surface area contributed by atoms with E-state index >= 15 is 4.57 Å². The van der Waals surface area contributed by atoms with Gasteiger partial charge in [-0.15, -0.1) is 0 Å². The number of anilines is 3. The second-order valence-corrected chi connectivity index (χ2v) is 45.2. The molecule has 0 radical (unpaired) electrons. The normalized spacial score (nSPS) is 15.4. The molecule has 21 rings (SSSR count). The number of halogens is 6. The van der Waals surface area contributed by atoms with Crippen molar-refractivity contribution in [3.05, 3.63) is 577 Å². The van der Waals surface area contributed by atoms with Crippen LogP contribution < -0.4 is 47.3 Å². The highest BCUT2D eigenvalue weighted by atomic mass is 79.9. The minimum Gasteiger partial charge on any atom is -0.311 e. The van der Waals surface area contributed by atoms with Gasteiger partial charge in [0, 0.05) is 142 Å². The number of hydrogen-bond acceptors (Lipinski definition) is 5. The van der Waals surface area contributed by atoms with Gasteiger partial charge in [0.25, 0.3) is 0 Å². The summed E-state index contributed by atoms with van der Waals surface area (Å²) in [6.07, 6.45) is 0. The van der Waals surface area contributed by atoms with E-state index in [2.05, 4.69) is 239 Å². The Morgan fingerprint density at radius 3 is 0.964 bits per heavy atom. The molecule has 0 amide bonds. The van der Waals surface area contributed by atoms with Gasteiger partial charge >= 0.3 is 0 Å². The summed E-state index contributed by atoms with van der Waals surface area (Å²) in [5.74, 6) is 12.9. The largest absolute Gasteiger partial charge is 0.311 e. The van der Waals surface area contributed by atoms with Crippen molar-refractivity contribution >= 4 is 195 Å². The van der Waals surface area contributed by atoms with Crippen LogP contribution in [-0.2, 0) is 13.7 Å². The average Bonchev–Trinajstić information content (AvgIpc) is 1.49. The number of para-hydroxylation sites is 2. The van der Waals surface area contributed by atoms with Crippen molar-refractivity contribution in [3.8, 4) is 23.7 Å². The minimum absolute atomic E-state index is 0.556. The molecular weight excluding hydrogens is 1920 g/mol. The van der Waals surface area contributed by atoms with Crippen molar-refractivity contribution in [1.29, 1.82) is 0 Å². The van der Waals surface area contributed by atoms with Gasteiger partial charge in [-0.2, -0.15) is 0 Å². The zero-order valence-electron chi connectivity index (χ0n) is 74.8. The third kappa shape index (κ3) is 21.2. The fourth-order valence-electron chi connectivity index (χ4n) is 17.3. The zero-order valence-corrected chi connectivity index (χ0v) is 83.7. The van der Waals surface area contributed by atoms with Crippen LogP contribution in [0.15, 0.2) is 490 Å². The highest BCUT2D eigenvalue weighted by Gasteiger charge is 2.46. The topological polar surface area (TPSA) is 57.7 Å². The van der Waals surface area contributed by atoms with Crippen LogP contribution in [0.3, 0.4) is 0 Å². The van der Waals surface area contributed by atoms with E-state index in [9.17, 15) is 9.13 Å². The van der Waals surface area contributed by atoms with Crippen molar-refractivity contribution < 1.29 is 13.7 Å².